The Morgan fingerprint density at radius 3 is 1.53 bits per heavy atom. The second kappa shape index (κ2) is 16.9. The Labute approximate surface area is 307 Å². The Balaban J connectivity index is 1.15. The van der Waals surface area contributed by atoms with Crippen LogP contribution in [0.1, 0.15) is 43.9 Å². The fourth-order valence-corrected chi connectivity index (χ4v) is 5.69. The average Bonchev–Trinajstić information content (AvgIpc) is 3.21. The molecule has 0 bridgehead atoms. The van der Waals surface area contributed by atoms with E-state index in [4.69, 9.17) is 18.6 Å². The maximum atomic E-state index is 14.3. The summed E-state index contributed by atoms with van der Waals surface area (Å²) in [6.07, 6.45) is 6.52. The van der Waals surface area contributed by atoms with Crippen LogP contribution in [0.5, 0.6) is 17.2 Å². The van der Waals surface area contributed by atoms with Crippen molar-refractivity contribution < 1.29 is 23.4 Å². The third-order valence-electron chi connectivity index (χ3n) is 8.50. The van der Waals surface area contributed by atoms with Crippen molar-refractivity contribution in [3.8, 4) is 17.2 Å². The van der Waals surface area contributed by atoms with Crippen LogP contribution in [-0.2, 0) is 19.8 Å². The van der Waals surface area contributed by atoms with Gasteiger partial charge in [-0.2, -0.15) is 0 Å². The van der Waals surface area contributed by atoms with Crippen LogP contribution in [0.25, 0.3) is 29.2 Å². The van der Waals surface area contributed by atoms with Gasteiger partial charge in [-0.1, -0.05) is 133 Å². The number of benzene rings is 6. The minimum Gasteiger partial charge on any atom is -0.489 e. The maximum Gasteiger partial charge on any atom is 0.208 e. The molecule has 0 aliphatic rings. The molecule has 6 nitrogen and oxygen atoms in total. The molecule has 0 unspecified atom stereocenters. The molecule has 0 aliphatic carbocycles. The quantitative estimate of drug-likeness (QED) is 0.0832. The molecule has 0 fully saturated rings. The predicted octanol–water partition coefficient (Wildman–Crippen LogP) is 10.6. The average molecular weight is 697 g/mol. The van der Waals surface area contributed by atoms with Crippen LogP contribution in [0.3, 0.4) is 0 Å². The molecule has 0 saturated heterocycles. The molecule has 7 aromatic rings. The third-order valence-corrected chi connectivity index (χ3v) is 8.50. The van der Waals surface area contributed by atoms with E-state index in [0.717, 1.165) is 33.6 Å². The lowest BCUT2D eigenvalue weighted by Crippen LogP contribution is -2.17. The zero-order valence-electron chi connectivity index (χ0n) is 28.9. The smallest absolute Gasteiger partial charge is 0.208 e. The first-order valence-electron chi connectivity index (χ1n) is 17.3. The molecule has 53 heavy (non-hydrogen) atoms. The third kappa shape index (κ3) is 9.06. The Morgan fingerprint density at radius 1 is 0.509 bits per heavy atom. The van der Waals surface area contributed by atoms with Crippen molar-refractivity contribution >= 4 is 35.0 Å². The summed E-state index contributed by atoms with van der Waals surface area (Å²) in [5, 5.41) is 0.206. The van der Waals surface area contributed by atoms with Crippen molar-refractivity contribution in [3.05, 3.63) is 213 Å². The van der Waals surface area contributed by atoms with E-state index in [1.807, 2.05) is 140 Å². The number of carbonyl (C=O) groups is 1. The maximum absolute atomic E-state index is 14.3. The molecule has 0 radical (unpaired) electrons. The van der Waals surface area contributed by atoms with Crippen molar-refractivity contribution in [1.29, 1.82) is 0 Å². The van der Waals surface area contributed by atoms with E-state index < -0.39 is 11.2 Å². The molecule has 7 rings (SSSR count). The molecular weight excluding hydrogens is 661 g/mol. The number of ketones is 1. The zero-order chi connectivity index (χ0) is 36.2. The van der Waals surface area contributed by atoms with Crippen molar-refractivity contribution in [2.45, 2.75) is 19.8 Å². The van der Waals surface area contributed by atoms with Gasteiger partial charge >= 0.3 is 0 Å². The van der Waals surface area contributed by atoms with Crippen molar-refractivity contribution in [1.82, 2.24) is 0 Å². The molecule has 6 aromatic carbocycles. The topological polar surface area (TPSA) is 75.0 Å². The molecule has 0 saturated carbocycles. The van der Waals surface area contributed by atoms with Gasteiger partial charge in [0.15, 0.2) is 5.78 Å². The molecule has 1 aromatic heterocycles. The van der Waals surface area contributed by atoms with Crippen LogP contribution >= 0.6 is 0 Å². The monoisotopic (exact) mass is 696 g/mol. The molecule has 6 heteroatoms. The van der Waals surface area contributed by atoms with Gasteiger partial charge in [-0.3, -0.25) is 9.59 Å². The first-order chi connectivity index (χ1) is 26.1. The number of hydrogen-bond donors (Lipinski definition) is 0. The molecule has 0 aliphatic heterocycles. The second-order valence-corrected chi connectivity index (χ2v) is 12.3. The highest BCUT2D eigenvalue weighted by molar-refractivity contribution is 6.10. The largest absolute Gasteiger partial charge is 0.489 e. The van der Waals surface area contributed by atoms with Crippen LogP contribution in [0, 0.1) is 0 Å². The van der Waals surface area contributed by atoms with Gasteiger partial charge in [-0.05, 0) is 76.4 Å². The number of ether oxygens (including phenoxy) is 3. The van der Waals surface area contributed by atoms with Crippen molar-refractivity contribution in [3.63, 3.8) is 0 Å². The second-order valence-electron chi connectivity index (χ2n) is 12.3. The molecule has 1 heterocycles. The first-order valence-corrected chi connectivity index (χ1v) is 17.3. The molecule has 0 N–H and O–H groups in total. The van der Waals surface area contributed by atoms with Crippen LogP contribution < -0.4 is 19.6 Å². The van der Waals surface area contributed by atoms with Crippen molar-refractivity contribution in [2.24, 2.45) is 0 Å². The van der Waals surface area contributed by atoms with Gasteiger partial charge in [-0.25, -0.2) is 0 Å². The van der Waals surface area contributed by atoms with Crippen LogP contribution in [0.15, 0.2) is 173 Å². The number of allylic oxidation sites excluding steroid dienone is 1. The van der Waals surface area contributed by atoms with Gasteiger partial charge in [0.05, 0.1) is 0 Å². The zero-order valence-corrected chi connectivity index (χ0v) is 28.9. The number of hydrogen-bond acceptors (Lipinski definition) is 6. The summed E-state index contributed by atoms with van der Waals surface area (Å²) in [6, 6.07) is 49.7. The predicted molar refractivity (Wildman–Crippen MR) is 210 cm³/mol. The highest BCUT2D eigenvalue weighted by Gasteiger charge is 2.21. The first kappa shape index (κ1) is 34.5. The number of rotatable bonds is 14. The highest BCUT2D eigenvalue weighted by atomic mass is 16.5. The SMILES string of the molecule is O=C(/C=C/c1ccc(OCc2ccccc2)cc1)c1c(/C=C/c2ccc(OCc3ccccc3)cc2)oc2cccc(OCc3ccccc3)c2c1=O. The summed E-state index contributed by atoms with van der Waals surface area (Å²) in [4.78, 5) is 28.2. The number of fused-ring (bicyclic) bond motifs is 1. The summed E-state index contributed by atoms with van der Waals surface area (Å²) in [5.74, 6) is 1.42. The molecule has 0 atom stereocenters. The minimum absolute atomic E-state index is 0.0913. The summed E-state index contributed by atoms with van der Waals surface area (Å²) in [5.41, 5.74) is 4.45. The van der Waals surface area contributed by atoms with Crippen molar-refractivity contribution in [2.75, 3.05) is 0 Å². The van der Waals surface area contributed by atoms with E-state index >= 15 is 0 Å². The lowest BCUT2D eigenvalue weighted by molar-refractivity contribution is 0.104. The van der Waals surface area contributed by atoms with Gasteiger partial charge in [0.2, 0.25) is 5.43 Å². The van der Waals surface area contributed by atoms with Crippen LogP contribution in [-0.4, -0.2) is 5.78 Å². The minimum atomic E-state index is -0.493. The van der Waals surface area contributed by atoms with Crippen LogP contribution in [0.4, 0.5) is 0 Å². The van der Waals surface area contributed by atoms with Gasteiger partial charge in [0, 0.05) is 0 Å². The molecule has 0 amide bonds. The lowest BCUT2D eigenvalue weighted by atomic mass is 10.0. The Bertz CT molecular complexity index is 2400. The van der Waals surface area contributed by atoms with Gasteiger partial charge in [0.25, 0.3) is 0 Å². The fraction of sp³-hybridized carbons (Fsp3) is 0.0638. The summed E-state index contributed by atoms with van der Waals surface area (Å²) >= 11 is 0. The van der Waals surface area contributed by atoms with Gasteiger partial charge in [-0.15, -0.1) is 0 Å². The summed E-state index contributed by atoms with van der Waals surface area (Å²) < 4.78 is 24.2. The van der Waals surface area contributed by atoms with E-state index in [1.165, 1.54) is 6.08 Å². The van der Waals surface area contributed by atoms with E-state index in [1.54, 1.807) is 36.4 Å². The fourth-order valence-electron chi connectivity index (χ4n) is 5.69. The van der Waals surface area contributed by atoms with E-state index in [-0.39, 0.29) is 23.3 Å². The van der Waals surface area contributed by atoms with E-state index in [0.29, 0.717) is 30.3 Å². The summed E-state index contributed by atoms with van der Waals surface area (Å²) in [7, 11) is 0. The van der Waals surface area contributed by atoms with E-state index in [2.05, 4.69) is 0 Å². The standard InChI is InChI=1S/C47H36O6/c48-41(29-23-34-19-25-39(26-20-34)50-31-36-11-4-1-5-12-36)45-44(30-24-35-21-27-40(28-22-35)51-32-37-13-6-2-7-14-37)53-43-18-10-17-42(46(43)47(45)49)52-33-38-15-8-3-9-16-38/h1-30H,31-33H2/b29-23+,30-24+. The number of carbonyl (C=O) groups excluding carboxylic acids is 1. The Kier molecular flexibility index (Phi) is 11.0. The van der Waals surface area contributed by atoms with Crippen LogP contribution in [0.2, 0.25) is 0 Å². The normalized spacial score (nSPS) is 11.2. The molecule has 0 spiro atoms. The molecular formula is C47H36O6. The van der Waals surface area contributed by atoms with E-state index in [9.17, 15) is 9.59 Å². The summed E-state index contributed by atoms with van der Waals surface area (Å²) in [6.45, 7) is 1.16. The molecule has 260 valence electrons. The van der Waals surface area contributed by atoms with Gasteiger partial charge in [0.1, 0.15) is 59.4 Å². The Hall–Kier alpha value is -6.92. The lowest BCUT2D eigenvalue weighted by Gasteiger charge is -2.11. The van der Waals surface area contributed by atoms with Gasteiger partial charge < -0.3 is 18.6 Å². The highest BCUT2D eigenvalue weighted by Crippen LogP contribution is 2.28. The Morgan fingerprint density at radius 2 is 1.00 bits per heavy atom.